The van der Waals surface area contributed by atoms with Crippen molar-refractivity contribution < 1.29 is 50.5 Å². The van der Waals surface area contributed by atoms with E-state index in [2.05, 4.69) is 0 Å². The number of halogens is 6. The smallest absolute Gasteiger partial charge is 0.416 e. The molecular weight excluding hydrogens is 608 g/mol. The number of aliphatic carboxylic acids is 1. The van der Waals surface area contributed by atoms with Crippen LogP contribution in [0, 0.1) is 6.92 Å². The van der Waals surface area contributed by atoms with Crippen molar-refractivity contribution in [3.8, 4) is 16.9 Å². The first kappa shape index (κ1) is 31.9. The van der Waals surface area contributed by atoms with E-state index >= 15 is 0 Å². The number of nitrogens with zero attached hydrogens (tertiary/aromatic N) is 3. The number of pyridine rings is 1. The van der Waals surface area contributed by atoms with Crippen molar-refractivity contribution in [3.05, 3.63) is 76.0 Å². The van der Waals surface area contributed by atoms with Crippen LogP contribution in [0.5, 0.6) is 5.75 Å². The summed E-state index contributed by atoms with van der Waals surface area (Å²) in [6.07, 6.45) is -11.8. The van der Waals surface area contributed by atoms with Gasteiger partial charge in [0.05, 0.1) is 42.9 Å². The van der Waals surface area contributed by atoms with E-state index in [0.717, 1.165) is 25.1 Å². The molecule has 0 saturated carbocycles. The highest BCUT2D eigenvalue weighted by atomic mass is 19.4. The third-order valence-electron chi connectivity index (χ3n) is 8.00. The van der Waals surface area contributed by atoms with Gasteiger partial charge in [-0.25, -0.2) is 9.78 Å². The molecule has 1 aromatic heterocycles. The lowest BCUT2D eigenvalue weighted by Crippen LogP contribution is -2.38. The fourth-order valence-electron chi connectivity index (χ4n) is 5.61. The summed E-state index contributed by atoms with van der Waals surface area (Å²) in [5, 5.41) is 9.35. The van der Waals surface area contributed by atoms with Gasteiger partial charge in [-0.1, -0.05) is 6.07 Å². The number of aromatic nitrogens is 1. The van der Waals surface area contributed by atoms with Gasteiger partial charge in [-0.3, -0.25) is 9.69 Å². The average molecular weight is 638 g/mol. The molecule has 0 radical (unpaired) electrons. The van der Waals surface area contributed by atoms with Crippen molar-refractivity contribution in [2.24, 2.45) is 0 Å². The normalized spacial score (nSPS) is 18.6. The van der Waals surface area contributed by atoms with Crippen LogP contribution in [-0.4, -0.2) is 53.3 Å². The zero-order valence-electron chi connectivity index (χ0n) is 24.4. The van der Waals surface area contributed by atoms with E-state index < -0.39 is 53.3 Å². The van der Waals surface area contributed by atoms with Crippen LogP contribution >= 0.6 is 0 Å². The minimum atomic E-state index is -5.07. The summed E-state index contributed by atoms with van der Waals surface area (Å²) in [6, 6.07) is 6.90. The summed E-state index contributed by atoms with van der Waals surface area (Å²) in [6.45, 7) is 4.60. The third kappa shape index (κ3) is 6.50. The number of hydrogen-bond acceptors (Lipinski definition) is 6. The molecule has 14 heteroatoms. The summed E-state index contributed by atoms with van der Waals surface area (Å²) in [4.78, 5) is 32.7. The van der Waals surface area contributed by atoms with Gasteiger partial charge in [0.25, 0.3) is 0 Å². The number of alkyl halides is 6. The van der Waals surface area contributed by atoms with Gasteiger partial charge >= 0.3 is 24.4 Å². The first-order valence-electron chi connectivity index (χ1n) is 14.0. The average Bonchev–Trinajstić information content (AvgIpc) is 3.19. The minimum Gasteiger partial charge on any atom is -0.496 e. The number of methoxy groups -OCH3 is 1. The number of carboxylic acid groups (broad SMARTS) is 1. The monoisotopic (exact) mass is 637 g/mol. The predicted molar refractivity (Wildman–Crippen MR) is 150 cm³/mol. The van der Waals surface area contributed by atoms with Crippen molar-refractivity contribution in [3.63, 3.8) is 0 Å². The van der Waals surface area contributed by atoms with Crippen LogP contribution in [0.25, 0.3) is 11.1 Å². The van der Waals surface area contributed by atoms with E-state index in [0.29, 0.717) is 46.1 Å². The number of benzene rings is 2. The summed E-state index contributed by atoms with van der Waals surface area (Å²) in [5.41, 5.74) is -0.824. The molecule has 8 nitrogen and oxygen atoms in total. The molecule has 0 spiro atoms. The molecule has 0 aliphatic carbocycles. The van der Waals surface area contributed by atoms with E-state index in [1.54, 1.807) is 18.2 Å². The fraction of sp³-hybridized carbons (Fsp3) is 0.387. The maximum Gasteiger partial charge on any atom is 0.416 e. The summed E-state index contributed by atoms with van der Waals surface area (Å²) in [5.74, 6) is -0.00884. The predicted octanol–water partition coefficient (Wildman–Crippen LogP) is 7.02. The lowest BCUT2D eigenvalue weighted by molar-refractivity contribution is -0.143. The third-order valence-corrected chi connectivity index (χ3v) is 8.00. The number of cyclic esters (lactones) is 1. The molecule has 5 rings (SSSR count). The van der Waals surface area contributed by atoms with E-state index in [4.69, 9.17) is 14.5 Å². The maximum atomic E-state index is 13.6. The zero-order valence-corrected chi connectivity index (χ0v) is 24.4. The largest absolute Gasteiger partial charge is 0.496 e. The number of carboxylic acids is 1. The van der Waals surface area contributed by atoms with Crippen molar-refractivity contribution in [2.75, 3.05) is 25.1 Å². The van der Waals surface area contributed by atoms with Crippen molar-refractivity contribution in [1.82, 2.24) is 9.88 Å². The van der Waals surface area contributed by atoms with Crippen LogP contribution in [0.1, 0.15) is 53.0 Å². The molecule has 2 aliphatic heterocycles. The standard InChI is InChI=1S/C31H29F6N3O5/c1-16-9-25(39-7-4-8-39)38-23(27(16)22-10-18(11-26(41)42)5-6-24(22)44-3)15-40-17(2)28(45-29(40)43)19-12-20(30(32,33)34)14-21(13-19)31(35,36)37/h5-6,9-10,12-14,17,28H,4,7-8,11,15H2,1-3H3,(H,41,42). The Morgan fingerprint density at radius 2 is 1.69 bits per heavy atom. The maximum absolute atomic E-state index is 13.6. The number of anilines is 1. The van der Waals surface area contributed by atoms with Crippen LogP contribution in [0.3, 0.4) is 0 Å². The van der Waals surface area contributed by atoms with Gasteiger partial charge < -0.3 is 19.5 Å². The molecule has 2 aromatic carbocycles. The van der Waals surface area contributed by atoms with Gasteiger partial charge in [0.2, 0.25) is 0 Å². The van der Waals surface area contributed by atoms with E-state index in [9.17, 15) is 41.0 Å². The van der Waals surface area contributed by atoms with Crippen molar-refractivity contribution in [2.45, 2.75) is 57.7 Å². The Labute approximate surface area is 254 Å². The molecule has 2 fully saturated rings. The first-order valence-corrected chi connectivity index (χ1v) is 14.0. The zero-order chi connectivity index (χ0) is 32.8. The lowest BCUT2D eigenvalue weighted by atomic mass is 9.94. The molecule has 2 atom stereocenters. The van der Waals surface area contributed by atoms with Gasteiger partial charge in [-0.05, 0) is 73.4 Å². The van der Waals surface area contributed by atoms with Gasteiger partial charge in [0, 0.05) is 24.2 Å². The Hall–Kier alpha value is -4.49. The quantitative estimate of drug-likeness (QED) is 0.266. The molecule has 2 unspecified atom stereocenters. The highest BCUT2D eigenvalue weighted by molar-refractivity contribution is 5.80. The van der Waals surface area contributed by atoms with Crippen LogP contribution in [0.2, 0.25) is 0 Å². The molecule has 3 heterocycles. The highest BCUT2D eigenvalue weighted by Crippen LogP contribution is 2.43. The van der Waals surface area contributed by atoms with Gasteiger partial charge in [0.1, 0.15) is 17.7 Å². The highest BCUT2D eigenvalue weighted by Gasteiger charge is 2.44. The number of rotatable bonds is 8. The topological polar surface area (TPSA) is 92.2 Å². The van der Waals surface area contributed by atoms with E-state index in [1.165, 1.54) is 18.9 Å². The molecule has 45 heavy (non-hydrogen) atoms. The number of aryl methyl sites for hydroxylation is 1. The van der Waals surface area contributed by atoms with Crippen LogP contribution in [-0.2, 0) is 34.8 Å². The van der Waals surface area contributed by atoms with Crippen molar-refractivity contribution >= 4 is 17.9 Å². The Morgan fingerprint density at radius 1 is 1.04 bits per heavy atom. The van der Waals surface area contributed by atoms with Crippen LogP contribution < -0.4 is 9.64 Å². The van der Waals surface area contributed by atoms with Crippen LogP contribution in [0.15, 0.2) is 42.5 Å². The Bertz CT molecular complexity index is 1600. The second-order valence-electron chi connectivity index (χ2n) is 11.1. The van der Waals surface area contributed by atoms with Crippen molar-refractivity contribution in [1.29, 1.82) is 0 Å². The fourth-order valence-corrected chi connectivity index (χ4v) is 5.61. The molecule has 3 aromatic rings. The lowest BCUT2D eigenvalue weighted by Gasteiger charge is -2.33. The first-order chi connectivity index (χ1) is 21.1. The molecule has 1 N–H and O–H groups in total. The Kier molecular flexibility index (Phi) is 8.36. The Morgan fingerprint density at radius 3 is 2.22 bits per heavy atom. The molecular formula is C31H29F6N3O5. The molecule has 0 bridgehead atoms. The minimum absolute atomic E-state index is 0.0226. The SMILES string of the molecule is COc1ccc(CC(=O)O)cc1-c1c(C)cc(N2CCC2)nc1CN1C(=O)OC(c2cc(C(F)(F)F)cc(C(F)(F)F)c2)C1C. The number of carbonyl (C=O) groups excluding carboxylic acids is 1. The van der Waals surface area contributed by atoms with Gasteiger partial charge in [0.15, 0.2) is 0 Å². The number of ether oxygens (including phenoxy) is 2. The van der Waals surface area contributed by atoms with Gasteiger partial charge in [-0.15, -0.1) is 0 Å². The summed E-state index contributed by atoms with van der Waals surface area (Å²) >= 11 is 0. The van der Waals surface area contributed by atoms with Crippen LogP contribution in [0.4, 0.5) is 37.0 Å². The molecule has 2 saturated heterocycles. The molecule has 240 valence electrons. The number of carbonyl (C=O) groups is 2. The number of amides is 1. The second kappa shape index (κ2) is 11.8. The molecule has 2 aliphatic rings. The van der Waals surface area contributed by atoms with Gasteiger partial charge in [-0.2, -0.15) is 26.3 Å². The summed E-state index contributed by atoms with van der Waals surface area (Å²) in [7, 11) is 1.45. The number of hydrogen-bond donors (Lipinski definition) is 1. The Balaban J connectivity index is 1.57. The summed E-state index contributed by atoms with van der Waals surface area (Å²) < 4.78 is 92.3. The van der Waals surface area contributed by atoms with E-state index in [1.807, 2.05) is 17.9 Å². The molecule has 1 amide bonds. The second-order valence-corrected chi connectivity index (χ2v) is 11.1. The van der Waals surface area contributed by atoms with E-state index in [-0.39, 0.29) is 19.0 Å².